The van der Waals surface area contributed by atoms with Crippen molar-refractivity contribution in [2.45, 2.75) is 19.4 Å². The van der Waals surface area contributed by atoms with Crippen LogP contribution in [0.25, 0.3) is 11.4 Å². The standard InChI is InChI=1S/C21H21N3O4/c1-3-18(20(25)24-16-5-4-6-17(13-16)27-2)28-21(26)15-9-7-14(8-10-15)19-22-11-12-23-19/h4-13,18H,3H2,1-2H3,(H,22,23)(H,24,25). The molecule has 28 heavy (non-hydrogen) atoms. The van der Waals surface area contributed by atoms with E-state index in [4.69, 9.17) is 9.47 Å². The highest BCUT2D eigenvalue weighted by Crippen LogP contribution is 2.19. The lowest BCUT2D eigenvalue weighted by molar-refractivity contribution is -0.124. The minimum atomic E-state index is -0.900. The number of ether oxygens (including phenoxy) is 2. The topological polar surface area (TPSA) is 93.3 Å². The van der Waals surface area contributed by atoms with E-state index in [1.165, 1.54) is 0 Å². The minimum Gasteiger partial charge on any atom is -0.497 e. The molecule has 1 aromatic heterocycles. The summed E-state index contributed by atoms with van der Waals surface area (Å²) in [4.78, 5) is 32.1. The minimum absolute atomic E-state index is 0.353. The molecular formula is C21H21N3O4. The van der Waals surface area contributed by atoms with Gasteiger partial charge in [-0.25, -0.2) is 9.78 Å². The number of aromatic nitrogens is 2. The Labute approximate surface area is 162 Å². The van der Waals surface area contributed by atoms with Crippen LogP contribution in [0, 0.1) is 0 Å². The second kappa shape index (κ2) is 8.85. The Hall–Kier alpha value is -3.61. The largest absolute Gasteiger partial charge is 0.497 e. The number of nitrogens with one attached hydrogen (secondary N) is 2. The zero-order valence-corrected chi connectivity index (χ0v) is 15.6. The normalized spacial score (nSPS) is 11.5. The van der Waals surface area contributed by atoms with Gasteiger partial charge in [-0.1, -0.05) is 25.1 Å². The summed E-state index contributed by atoms with van der Waals surface area (Å²) >= 11 is 0. The number of anilines is 1. The number of H-pyrrole nitrogens is 1. The summed E-state index contributed by atoms with van der Waals surface area (Å²) in [6, 6.07) is 13.8. The van der Waals surface area contributed by atoms with E-state index in [1.807, 2.05) is 0 Å². The van der Waals surface area contributed by atoms with Crippen molar-refractivity contribution in [1.82, 2.24) is 9.97 Å². The first kappa shape index (κ1) is 19.2. The highest BCUT2D eigenvalue weighted by atomic mass is 16.5. The molecule has 1 atom stereocenters. The van der Waals surface area contributed by atoms with Gasteiger partial charge in [-0.15, -0.1) is 0 Å². The maximum Gasteiger partial charge on any atom is 0.338 e. The summed E-state index contributed by atoms with van der Waals surface area (Å²) in [5.41, 5.74) is 1.79. The lowest BCUT2D eigenvalue weighted by Gasteiger charge is -2.16. The number of aromatic amines is 1. The van der Waals surface area contributed by atoms with Crippen molar-refractivity contribution in [2.75, 3.05) is 12.4 Å². The van der Waals surface area contributed by atoms with Crippen molar-refractivity contribution in [2.24, 2.45) is 0 Å². The van der Waals surface area contributed by atoms with Gasteiger partial charge in [0.2, 0.25) is 0 Å². The summed E-state index contributed by atoms with van der Waals surface area (Å²) in [7, 11) is 1.55. The molecule has 1 unspecified atom stereocenters. The van der Waals surface area contributed by atoms with Crippen LogP contribution in [0.2, 0.25) is 0 Å². The predicted molar refractivity (Wildman–Crippen MR) is 105 cm³/mol. The fourth-order valence-corrected chi connectivity index (χ4v) is 2.63. The summed E-state index contributed by atoms with van der Waals surface area (Å²) in [6.45, 7) is 1.78. The summed E-state index contributed by atoms with van der Waals surface area (Å²) in [5, 5.41) is 2.74. The van der Waals surface area contributed by atoms with E-state index in [0.29, 0.717) is 29.2 Å². The van der Waals surface area contributed by atoms with Gasteiger partial charge in [0.05, 0.1) is 12.7 Å². The monoisotopic (exact) mass is 379 g/mol. The van der Waals surface area contributed by atoms with Crippen LogP contribution < -0.4 is 10.1 Å². The fraction of sp³-hybridized carbons (Fsp3) is 0.190. The number of hydrogen-bond donors (Lipinski definition) is 2. The van der Waals surface area contributed by atoms with Gasteiger partial charge in [0.25, 0.3) is 5.91 Å². The lowest BCUT2D eigenvalue weighted by Crippen LogP contribution is -2.32. The molecule has 2 N–H and O–H groups in total. The number of nitrogens with zero attached hydrogens (tertiary/aromatic N) is 1. The molecule has 0 bridgehead atoms. The lowest BCUT2D eigenvalue weighted by atomic mass is 10.1. The maximum atomic E-state index is 12.5. The van der Waals surface area contributed by atoms with Gasteiger partial charge in [-0.3, -0.25) is 4.79 Å². The molecule has 0 aliphatic rings. The number of carbonyl (C=O) groups is 2. The zero-order chi connectivity index (χ0) is 19.9. The first-order chi connectivity index (χ1) is 13.6. The van der Waals surface area contributed by atoms with E-state index < -0.39 is 18.0 Å². The third-order valence-electron chi connectivity index (χ3n) is 4.14. The van der Waals surface area contributed by atoms with Crippen LogP contribution in [0.15, 0.2) is 60.9 Å². The van der Waals surface area contributed by atoms with Crippen LogP contribution >= 0.6 is 0 Å². The fourth-order valence-electron chi connectivity index (χ4n) is 2.63. The summed E-state index contributed by atoms with van der Waals surface area (Å²) in [6.07, 6.45) is 2.84. The second-order valence-electron chi connectivity index (χ2n) is 6.04. The van der Waals surface area contributed by atoms with E-state index in [0.717, 1.165) is 5.56 Å². The van der Waals surface area contributed by atoms with Crippen molar-refractivity contribution in [3.05, 3.63) is 66.5 Å². The number of carbonyl (C=O) groups excluding carboxylic acids is 2. The van der Waals surface area contributed by atoms with E-state index in [1.54, 1.807) is 75.0 Å². The quantitative estimate of drug-likeness (QED) is 0.611. The highest BCUT2D eigenvalue weighted by molar-refractivity contribution is 5.97. The smallest absolute Gasteiger partial charge is 0.338 e. The van der Waals surface area contributed by atoms with Gasteiger partial charge in [0.15, 0.2) is 6.10 Å². The molecule has 0 fully saturated rings. The Morgan fingerprint density at radius 2 is 1.96 bits per heavy atom. The highest BCUT2D eigenvalue weighted by Gasteiger charge is 2.22. The van der Waals surface area contributed by atoms with Crippen molar-refractivity contribution >= 4 is 17.6 Å². The Kier molecular flexibility index (Phi) is 6.06. The molecule has 0 radical (unpaired) electrons. The van der Waals surface area contributed by atoms with Gasteiger partial charge >= 0.3 is 5.97 Å². The molecular weight excluding hydrogens is 358 g/mol. The molecule has 144 valence electrons. The number of benzene rings is 2. The first-order valence-corrected chi connectivity index (χ1v) is 8.86. The van der Waals surface area contributed by atoms with Crippen molar-refractivity contribution < 1.29 is 19.1 Å². The number of hydrogen-bond acceptors (Lipinski definition) is 5. The number of imidazole rings is 1. The van der Waals surface area contributed by atoms with E-state index in [2.05, 4.69) is 15.3 Å². The van der Waals surface area contributed by atoms with Crippen molar-refractivity contribution in [3.8, 4) is 17.1 Å². The SMILES string of the molecule is CCC(OC(=O)c1ccc(-c2ncc[nH]2)cc1)C(=O)Nc1cccc(OC)c1. The van der Waals surface area contributed by atoms with E-state index in [9.17, 15) is 9.59 Å². The van der Waals surface area contributed by atoms with Crippen LogP contribution in [0.4, 0.5) is 5.69 Å². The van der Waals surface area contributed by atoms with Crippen LogP contribution in [0.1, 0.15) is 23.7 Å². The van der Waals surface area contributed by atoms with E-state index >= 15 is 0 Å². The number of rotatable bonds is 7. The molecule has 0 spiro atoms. The maximum absolute atomic E-state index is 12.5. The van der Waals surface area contributed by atoms with Gasteiger partial charge < -0.3 is 19.8 Å². The Morgan fingerprint density at radius 1 is 1.18 bits per heavy atom. The number of amides is 1. The first-order valence-electron chi connectivity index (χ1n) is 8.86. The molecule has 0 aliphatic heterocycles. The Morgan fingerprint density at radius 3 is 2.61 bits per heavy atom. The van der Waals surface area contributed by atoms with Gasteiger partial charge in [-0.05, 0) is 30.7 Å². The van der Waals surface area contributed by atoms with Crippen molar-refractivity contribution in [1.29, 1.82) is 0 Å². The predicted octanol–water partition coefficient (Wildman–Crippen LogP) is 3.66. The number of methoxy groups -OCH3 is 1. The molecule has 0 aliphatic carbocycles. The Bertz CT molecular complexity index is 937. The molecule has 2 aromatic carbocycles. The molecule has 1 amide bonds. The summed E-state index contributed by atoms with van der Waals surface area (Å²) < 4.78 is 10.5. The van der Waals surface area contributed by atoms with Crippen LogP contribution in [0.5, 0.6) is 5.75 Å². The Balaban J connectivity index is 1.64. The molecule has 7 heteroatoms. The molecule has 3 rings (SSSR count). The van der Waals surface area contributed by atoms with Crippen molar-refractivity contribution in [3.63, 3.8) is 0 Å². The molecule has 0 saturated carbocycles. The third kappa shape index (κ3) is 4.56. The average molecular weight is 379 g/mol. The summed E-state index contributed by atoms with van der Waals surface area (Å²) in [5.74, 6) is 0.387. The van der Waals surface area contributed by atoms with Gasteiger partial charge in [0, 0.05) is 29.7 Å². The molecule has 1 heterocycles. The molecule has 3 aromatic rings. The van der Waals surface area contributed by atoms with Crippen LogP contribution in [-0.4, -0.2) is 35.1 Å². The molecule has 7 nitrogen and oxygen atoms in total. The third-order valence-corrected chi connectivity index (χ3v) is 4.14. The zero-order valence-electron chi connectivity index (χ0n) is 15.6. The van der Waals surface area contributed by atoms with Gasteiger partial charge in [0.1, 0.15) is 11.6 Å². The average Bonchev–Trinajstić information content (AvgIpc) is 3.27. The number of esters is 1. The van der Waals surface area contributed by atoms with Crippen LogP contribution in [0.3, 0.4) is 0 Å². The van der Waals surface area contributed by atoms with Gasteiger partial charge in [-0.2, -0.15) is 0 Å². The second-order valence-corrected chi connectivity index (χ2v) is 6.04. The molecule has 0 saturated heterocycles. The van der Waals surface area contributed by atoms with E-state index in [-0.39, 0.29) is 0 Å². The van der Waals surface area contributed by atoms with Crippen LogP contribution in [-0.2, 0) is 9.53 Å².